The minimum Gasteiger partial charge on any atom is -0.356 e. The van der Waals surface area contributed by atoms with Gasteiger partial charge in [-0.05, 0) is 30.5 Å². The number of nitrogens with one attached hydrogen (secondary N) is 1. The second kappa shape index (κ2) is 7.85. The SMILES string of the molecule is O=C(Cc1ccc(Br)cc1)NCCCCBr. The molecule has 0 radical (unpaired) electrons. The molecule has 0 atom stereocenters. The lowest BCUT2D eigenvalue weighted by atomic mass is 10.1. The summed E-state index contributed by atoms with van der Waals surface area (Å²) in [5.74, 6) is 0.0943. The van der Waals surface area contributed by atoms with Gasteiger partial charge in [0.1, 0.15) is 0 Å². The van der Waals surface area contributed by atoms with Gasteiger partial charge in [-0.25, -0.2) is 0 Å². The van der Waals surface area contributed by atoms with Crippen LogP contribution in [0.15, 0.2) is 28.7 Å². The Balaban J connectivity index is 2.26. The van der Waals surface area contributed by atoms with E-state index in [0.29, 0.717) is 6.42 Å². The van der Waals surface area contributed by atoms with Crippen LogP contribution in [0, 0.1) is 0 Å². The molecule has 4 heteroatoms. The summed E-state index contributed by atoms with van der Waals surface area (Å²) in [5.41, 5.74) is 1.04. The summed E-state index contributed by atoms with van der Waals surface area (Å²) >= 11 is 6.73. The fourth-order valence-corrected chi connectivity index (χ4v) is 1.96. The Labute approximate surface area is 113 Å². The van der Waals surface area contributed by atoms with Gasteiger partial charge < -0.3 is 5.32 Å². The van der Waals surface area contributed by atoms with Crippen molar-refractivity contribution in [1.82, 2.24) is 5.32 Å². The maximum absolute atomic E-state index is 11.5. The average Bonchev–Trinajstić information content (AvgIpc) is 2.28. The molecule has 1 aromatic rings. The van der Waals surface area contributed by atoms with E-state index in [1.807, 2.05) is 24.3 Å². The summed E-state index contributed by atoms with van der Waals surface area (Å²) in [6, 6.07) is 7.82. The lowest BCUT2D eigenvalue weighted by Gasteiger charge is -2.04. The number of benzene rings is 1. The predicted molar refractivity (Wildman–Crippen MR) is 73.9 cm³/mol. The minimum absolute atomic E-state index is 0.0943. The smallest absolute Gasteiger partial charge is 0.224 e. The molecule has 0 aliphatic heterocycles. The standard InChI is InChI=1S/C12H15Br2NO/c13-7-1-2-8-15-12(16)9-10-3-5-11(14)6-4-10/h3-6H,1-2,7-9H2,(H,15,16). The van der Waals surface area contributed by atoms with Gasteiger partial charge in [0, 0.05) is 16.3 Å². The zero-order chi connectivity index (χ0) is 11.8. The van der Waals surface area contributed by atoms with Crippen LogP contribution in [0.1, 0.15) is 18.4 Å². The summed E-state index contributed by atoms with van der Waals surface area (Å²) in [5, 5.41) is 3.90. The summed E-state index contributed by atoms with van der Waals surface area (Å²) in [4.78, 5) is 11.5. The third-order valence-electron chi connectivity index (χ3n) is 2.16. The highest BCUT2D eigenvalue weighted by Crippen LogP contribution is 2.10. The third kappa shape index (κ3) is 5.66. The molecule has 16 heavy (non-hydrogen) atoms. The van der Waals surface area contributed by atoms with Gasteiger partial charge in [0.05, 0.1) is 6.42 Å². The van der Waals surface area contributed by atoms with E-state index in [-0.39, 0.29) is 5.91 Å². The van der Waals surface area contributed by atoms with Crippen LogP contribution in [0.4, 0.5) is 0 Å². The molecule has 0 heterocycles. The molecule has 0 bridgehead atoms. The van der Waals surface area contributed by atoms with Gasteiger partial charge in [-0.2, -0.15) is 0 Å². The molecular weight excluding hydrogens is 334 g/mol. The first-order valence-corrected chi connectivity index (χ1v) is 7.21. The number of carbonyl (C=O) groups is 1. The first kappa shape index (κ1) is 13.7. The number of carbonyl (C=O) groups excluding carboxylic acids is 1. The van der Waals surface area contributed by atoms with Gasteiger partial charge in [-0.3, -0.25) is 4.79 Å². The zero-order valence-electron chi connectivity index (χ0n) is 9.01. The Morgan fingerprint density at radius 1 is 1.19 bits per heavy atom. The van der Waals surface area contributed by atoms with E-state index in [4.69, 9.17) is 0 Å². The molecule has 1 amide bonds. The van der Waals surface area contributed by atoms with E-state index in [1.54, 1.807) is 0 Å². The van der Waals surface area contributed by atoms with Crippen molar-refractivity contribution in [2.75, 3.05) is 11.9 Å². The van der Waals surface area contributed by atoms with Gasteiger partial charge in [0.2, 0.25) is 5.91 Å². The third-order valence-corrected chi connectivity index (χ3v) is 3.25. The van der Waals surface area contributed by atoms with E-state index in [1.165, 1.54) is 0 Å². The Hall–Kier alpha value is -0.350. The number of hydrogen-bond donors (Lipinski definition) is 1. The monoisotopic (exact) mass is 347 g/mol. The maximum atomic E-state index is 11.5. The molecule has 0 saturated heterocycles. The van der Waals surface area contributed by atoms with Crippen LogP contribution >= 0.6 is 31.9 Å². The first-order chi connectivity index (χ1) is 7.72. The molecule has 1 rings (SSSR count). The van der Waals surface area contributed by atoms with Gasteiger partial charge in [0.15, 0.2) is 0 Å². The molecule has 88 valence electrons. The molecule has 0 fully saturated rings. The first-order valence-electron chi connectivity index (χ1n) is 5.29. The second-order valence-electron chi connectivity index (χ2n) is 3.55. The van der Waals surface area contributed by atoms with E-state index >= 15 is 0 Å². The predicted octanol–water partition coefficient (Wildman–Crippen LogP) is 3.28. The van der Waals surface area contributed by atoms with Crippen molar-refractivity contribution in [3.63, 3.8) is 0 Å². The fourth-order valence-electron chi connectivity index (χ4n) is 1.30. The van der Waals surface area contributed by atoms with Crippen LogP contribution in [0.25, 0.3) is 0 Å². The summed E-state index contributed by atoms with van der Waals surface area (Å²) in [6.45, 7) is 0.765. The van der Waals surface area contributed by atoms with Gasteiger partial charge in [-0.1, -0.05) is 44.0 Å². The summed E-state index contributed by atoms with van der Waals surface area (Å²) in [6.07, 6.45) is 2.58. The summed E-state index contributed by atoms with van der Waals surface area (Å²) in [7, 11) is 0. The molecule has 1 N–H and O–H groups in total. The highest BCUT2D eigenvalue weighted by Gasteiger charge is 2.02. The van der Waals surface area contributed by atoms with Crippen molar-refractivity contribution >= 4 is 37.8 Å². The van der Waals surface area contributed by atoms with Crippen molar-refractivity contribution in [2.45, 2.75) is 19.3 Å². The van der Waals surface area contributed by atoms with Gasteiger partial charge in [0.25, 0.3) is 0 Å². The molecule has 0 aliphatic rings. The molecule has 0 aliphatic carbocycles. The average molecular weight is 349 g/mol. The minimum atomic E-state index is 0.0943. The van der Waals surface area contributed by atoms with Crippen LogP contribution in [-0.4, -0.2) is 17.8 Å². The van der Waals surface area contributed by atoms with E-state index < -0.39 is 0 Å². The van der Waals surface area contributed by atoms with Crippen molar-refractivity contribution in [2.24, 2.45) is 0 Å². The number of hydrogen-bond acceptors (Lipinski definition) is 1. The summed E-state index contributed by atoms with van der Waals surface area (Å²) < 4.78 is 1.04. The van der Waals surface area contributed by atoms with Gasteiger partial charge in [-0.15, -0.1) is 0 Å². The van der Waals surface area contributed by atoms with Crippen LogP contribution in [0.2, 0.25) is 0 Å². The molecular formula is C12H15Br2NO. The maximum Gasteiger partial charge on any atom is 0.224 e. The number of alkyl halides is 1. The highest BCUT2D eigenvalue weighted by atomic mass is 79.9. The Bertz CT molecular complexity index is 324. The van der Waals surface area contributed by atoms with E-state index in [0.717, 1.165) is 34.8 Å². The van der Waals surface area contributed by atoms with Gasteiger partial charge >= 0.3 is 0 Å². The molecule has 1 aromatic carbocycles. The van der Waals surface area contributed by atoms with E-state index in [2.05, 4.69) is 37.2 Å². The molecule has 0 unspecified atom stereocenters. The zero-order valence-corrected chi connectivity index (χ0v) is 12.2. The number of halogens is 2. The molecule has 2 nitrogen and oxygen atoms in total. The lowest BCUT2D eigenvalue weighted by molar-refractivity contribution is -0.120. The quantitative estimate of drug-likeness (QED) is 0.620. The number of unbranched alkanes of at least 4 members (excludes halogenated alkanes) is 1. The lowest BCUT2D eigenvalue weighted by Crippen LogP contribution is -2.26. The molecule has 0 saturated carbocycles. The van der Waals surface area contributed by atoms with Crippen molar-refractivity contribution < 1.29 is 4.79 Å². The van der Waals surface area contributed by atoms with Crippen molar-refractivity contribution in [3.05, 3.63) is 34.3 Å². The second-order valence-corrected chi connectivity index (χ2v) is 5.26. The van der Waals surface area contributed by atoms with Crippen molar-refractivity contribution in [3.8, 4) is 0 Å². The Morgan fingerprint density at radius 2 is 1.88 bits per heavy atom. The van der Waals surface area contributed by atoms with Crippen LogP contribution < -0.4 is 5.32 Å². The fraction of sp³-hybridized carbons (Fsp3) is 0.417. The Kier molecular flexibility index (Phi) is 6.73. The number of amides is 1. The molecule has 0 spiro atoms. The highest BCUT2D eigenvalue weighted by molar-refractivity contribution is 9.10. The number of rotatable bonds is 6. The van der Waals surface area contributed by atoms with E-state index in [9.17, 15) is 4.79 Å². The van der Waals surface area contributed by atoms with Crippen LogP contribution in [0.3, 0.4) is 0 Å². The van der Waals surface area contributed by atoms with Crippen LogP contribution in [0.5, 0.6) is 0 Å². The van der Waals surface area contributed by atoms with Crippen LogP contribution in [-0.2, 0) is 11.2 Å². The van der Waals surface area contributed by atoms with Crippen molar-refractivity contribution in [1.29, 1.82) is 0 Å². The topological polar surface area (TPSA) is 29.1 Å². The Morgan fingerprint density at radius 3 is 2.50 bits per heavy atom. The normalized spacial score (nSPS) is 10.1. The molecule has 0 aromatic heterocycles. The largest absolute Gasteiger partial charge is 0.356 e.